The van der Waals surface area contributed by atoms with Crippen molar-refractivity contribution in [3.8, 4) is 0 Å². The van der Waals surface area contributed by atoms with E-state index < -0.39 is 0 Å². The van der Waals surface area contributed by atoms with Gasteiger partial charge in [0.1, 0.15) is 0 Å². The summed E-state index contributed by atoms with van der Waals surface area (Å²) in [6, 6.07) is 0. The van der Waals surface area contributed by atoms with Crippen molar-refractivity contribution in [1.82, 2.24) is 4.90 Å². The predicted molar refractivity (Wildman–Crippen MR) is 48.7 cm³/mol. The van der Waals surface area contributed by atoms with Crippen molar-refractivity contribution in [2.75, 3.05) is 7.05 Å². The van der Waals surface area contributed by atoms with Gasteiger partial charge in [0.15, 0.2) is 0 Å². The molecule has 10 heavy (non-hydrogen) atoms. The molecule has 0 aromatic carbocycles. The third-order valence-corrected chi connectivity index (χ3v) is 1.15. The van der Waals surface area contributed by atoms with Crippen LogP contribution in [-0.4, -0.2) is 11.9 Å². The Balaban J connectivity index is 0. The van der Waals surface area contributed by atoms with Gasteiger partial charge in [0.2, 0.25) is 0 Å². The van der Waals surface area contributed by atoms with E-state index in [1.54, 1.807) is 0 Å². The van der Waals surface area contributed by atoms with Crippen molar-refractivity contribution in [2.24, 2.45) is 0 Å². The summed E-state index contributed by atoms with van der Waals surface area (Å²) in [5.41, 5.74) is 2.05. The summed E-state index contributed by atoms with van der Waals surface area (Å²) in [5.74, 6) is 0. The fourth-order valence-electron chi connectivity index (χ4n) is 0.326. The molecule has 0 N–H and O–H groups in total. The van der Waals surface area contributed by atoms with Crippen LogP contribution in [0.5, 0.6) is 0 Å². The van der Waals surface area contributed by atoms with Crippen molar-refractivity contribution < 1.29 is 0 Å². The number of hydrogen-bond acceptors (Lipinski definition) is 1. The molecule has 0 aromatic heterocycles. The molecule has 0 aliphatic heterocycles. The molecule has 0 atom stereocenters. The minimum absolute atomic E-state index is 1.03. The first-order chi connectivity index (χ1) is 4.55. The van der Waals surface area contributed by atoms with E-state index in [1.165, 1.54) is 0 Å². The lowest BCUT2D eigenvalue weighted by atomic mass is 10.4. The predicted octanol–water partition coefficient (Wildman–Crippen LogP) is 3.01. The van der Waals surface area contributed by atoms with Gasteiger partial charge in [-0.05, 0) is 13.8 Å². The van der Waals surface area contributed by atoms with Gasteiger partial charge in [-0.1, -0.05) is 27.0 Å². The molecule has 0 spiro atoms. The van der Waals surface area contributed by atoms with Gasteiger partial charge >= 0.3 is 0 Å². The molecule has 0 saturated carbocycles. The van der Waals surface area contributed by atoms with Crippen LogP contribution in [0, 0.1) is 0 Å². The Labute approximate surface area is 65.0 Å². The van der Waals surface area contributed by atoms with E-state index in [0.29, 0.717) is 0 Å². The molecule has 0 rings (SSSR count). The molecule has 0 aliphatic rings. The van der Waals surface area contributed by atoms with Crippen LogP contribution in [0.3, 0.4) is 0 Å². The quantitative estimate of drug-likeness (QED) is 0.571. The summed E-state index contributed by atoms with van der Waals surface area (Å²) >= 11 is 0. The standard InChI is InChI=1S/C7H13N.C2H6/c1-6(2)8(5)7(3)4;1-2/h1,3H2,2,4-5H3;1-2H3. The maximum absolute atomic E-state index is 3.74. The number of nitrogens with zero attached hydrogens (tertiary/aromatic N) is 1. The van der Waals surface area contributed by atoms with Crippen LogP contribution in [0.1, 0.15) is 27.7 Å². The molecule has 1 nitrogen and oxygen atoms in total. The van der Waals surface area contributed by atoms with E-state index in [2.05, 4.69) is 13.2 Å². The zero-order chi connectivity index (χ0) is 8.73. The minimum Gasteiger partial charge on any atom is -0.353 e. The van der Waals surface area contributed by atoms with E-state index in [4.69, 9.17) is 0 Å². The summed E-state index contributed by atoms with van der Waals surface area (Å²) in [6.45, 7) is 15.4. The van der Waals surface area contributed by atoms with Gasteiger partial charge in [0.05, 0.1) is 0 Å². The van der Waals surface area contributed by atoms with E-state index in [9.17, 15) is 0 Å². The summed E-state index contributed by atoms with van der Waals surface area (Å²) in [6.07, 6.45) is 0. The van der Waals surface area contributed by atoms with Gasteiger partial charge in [0, 0.05) is 18.4 Å². The lowest BCUT2D eigenvalue weighted by Gasteiger charge is -2.17. The topological polar surface area (TPSA) is 3.24 Å². The van der Waals surface area contributed by atoms with Crippen LogP contribution < -0.4 is 0 Å². The van der Waals surface area contributed by atoms with Gasteiger partial charge < -0.3 is 4.90 Å². The van der Waals surface area contributed by atoms with E-state index in [-0.39, 0.29) is 0 Å². The molecule has 1 heteroatoms. The highest BCUT2D eigenvalue weighted by Crippen LogP contribution is 2.02. The molecular weight excluding hydrogens is 122 g/mol. The van der Waals surface area contributed by atoms with Gasteiger partial charge in [-0.3, -0.25) is 0 Å². The SMILES string of the molecule is C=C(C)N(C)C(=C)C.CC. The molecule has 0 heterocycles. The summed E-state index contributed by atoms with van der Waals surface area (Å²) < 4.78 is 0. The van der Waals surface area contributed by atoms with Crippen LogP contribution in [0.15, 0.2) is 24.6 Å². The molecular formula is C9H19N. The normalized spacial score (nSPS) is 7.30. The van der Waals surface area contributed by atoms with Crippen LogP contribution in [0.4, 0.5) is 0 Å². The highest BCUT2D eigenvalue weighted by Gasteiger charge is 1.92. The van der Waals surface area contributed by atoms with Crippen LogP contribution in [0.25, 0.3) is 0 Å². The molecule has 0 saturated heterocycles. The largest absolute Gasteiger partial charge is 0.353 e. The van der Waals surface area contributed by atoms with Crippen molar-refractivity contribution in [1.29, 1.82) is 0 Å². The van der Waals surface area contributed by atoms with Gasteiger partial charge in [-0.2, -0.15) is 0 Å². The fraction of sp³-hybridized carbons (Fsp3) is 0.556. The maximum atomic E-state index is 3.74. The second kappa shape index (κ2) is 6.40. The number of hydrogen-bond donors (Lipinski definition) is 0. The van der Waals surface area contributed by atoms with Gasteiger partial charge in [-0.15, -0.1) is 0 Å². The highest BCUT2D eigenvalue weighted by atomic mass is 15.1. The number of rotatable bonds is 2. The Morgan fingerprint density at radius 1 is 1.00 bits per heavy atom. The zero-order valence-corrected chi connectivity index (χ0v) is 7.86. The summed E-state index contributed by atoms with van der Waals surface area (Å²) in [5, 5.41) is 0. The van der Waals surface area contributed by atoms with Crippen molar-refractivity contribution >= 4 is 0 Å². The Morgan fingerprint density at radius 2 is 1.20 bits per heavy atom. The Morgan fingerprint density at radius 3 is 1.20 bits per heavy atom. The van der Waals surface area contributed by atoms with Gasteiger partial charge in [-0.25, -0.2) is 0 Å². The second-order valence-electron chi connectivity index (χ2n) is 2.03. The summed E-state index contributed by atoms with van der Waals surface area (Å²) in [4.78, 5) is 1.94. The monoisotopic (exact) mass is 141 g/mol. The van der Waals surface area contributed by atoms with Crippen molar-refractivity contribution in [2.45, 2.75) is 27.7 Å². The molecule has 0 bridgehead atoms. The molecule has 0 radical (unpaired) electrons. The third-order valence-electron chi connectivity index (χ3n) is 1.15. The molecule has 0 amide bonds. The van der Waals surface area contributed by atoms with Crippen LogP contribution >= 0.6 is 0 Å². The smallest absolute Gasteiger partial charge is 0.0111 e. The van der Waals surface area contributed by atoms with Crippen LogP contribution in [0.2, 0.25) is 0 Å². The Hall–Kier alpha value is -0.720. The lowest BCUT2D eigenvalue weighted by Crippen LogP contribution is -2.10. The van der Waals surface area contributed by atoms with E-state index in [1.807, 2.05) is 39.6 Å². The van der Waals surface area contributed by atoms with Crippen molar-refractivity contribution in [3.05, 3.63) is 24.6 Å². The second-order valence-corrected chi connectivity index (χ2v) is 2.03. The molecule has 0 unspecified atom stereocenters. The first-order valence-corrected chi connectivity index (χ1v) is 3.60. The molecule has 0 aromatic rings. The highest BCUT2D eigenvalue weighted by molar-refractivity contribution is 5.00. The Kier molecular flexibility index (Phi) is 7.68. The van der Waals surface area contributed by atoms with Crippen LogP contribution in [-0.2, 0) is 0 Å². The zero-order valence-electron chi connectivity index (χ0n) is 7.86. The first-order valence-electron chi connectivity index (χ1n) is 3.60. The maximum Gasteiger partial charge on any atom is 0.0111 e. The third kappa shape index (κ3) is 5.42. The average molecular weight is 141 g/mol. The van der Waals surface area contributed by atoms with Gasteiger partial charge in [0.25, 0.3) is 0 Å². The van der Waals surface area contributed by atoms with E-state index in [0.717, 1.165) is 11.4 Å². The first kappa shape index (κ1) is 12.0. The Bertz CT molecular complexity index is 99.9. The summed E-state index contributed by atoms with van der Waals surface area (Å²) in [7, 11) is 1.95. The molecule has 0 fully saturated rings. The number of allylic oxidation sites excluding steroid dienone is 2. The lowest BCUT2D eigenvalue weighted by molar-refractivity contribution is 0.527. The fourth-order valence-corrected chi connectivity index (χ4v) is 0.326. The molecule has 0 aliphatic carbocycles. The van der Waals surface area contributed by atoms with Crippen molar-refractivity contribution in [3.63, 3.8) is 0 Å². The average Bonchev–Trinajstić information content (AvgIpc) is 1.90. The molecule has 60 valence electrons. The van der Waals surface area contributed by atoms with E-state index >= 15 is 0 Å². The minimum atomic E-state index is 1.03.